The van der Waals surface area contributed by atoms with Gasteiger partial charge in [-0.25, -0.2) is 0 Å². The smallest absolute Gasteiger partial charge is 0.313 e. The highest BCUT2D eigenvalue weighted by molar-refractivity contribution is 5.34. The van der Waals surface area contributed by atoms with Gasteiger partial charge in [-0.15, -0.1) is 0 Å². The zero-order valence-electron chi connectivity index (χ0n) is 10.4. The molecule has 1 unspecified atom stereocenters. The third kappa shape index (κ3) is 3.46. The number of hydrogen-bond acceptors (Lipinski definition) is 1. The van der Waals surface area contributed by atoms with E-state index in [1.165, 1.54) is 6.07 Å². The van der Waals surface area contributed by atoms with Crippen molar-refractivity contribution in [1.82, 2.24) is 5.32 Å². The molecule has 1 aromatic carbocycles. The molecule has 0 spiro atoms. The fraction of sp³-hybridized carbons (Fsp3) is 0.538. The first-order valence-electron chi connectivity index (χ1n) is 5.75. The maximum absolute atomic E-state index is 12.5. The molecule has 1 rings (SSSR count). The molecule has 0 aliphatic rings. The number of aryl methyl sites for hydroxylation is 1. The average Bonchev–Trinajstić information content (AvgIpc) is 2.25. The molecule has 1 nitrogen and oxygen atoms in total. The van der Waals surface area contributed by atoms with Gasteiger partial charge >= 0.3 is 6.18 Å². The van der Waals surface area contributed by atoms with E-state index >= 15 is 0 Å². The zero-order valence-corrected chi connectivity index (χ0v) is 10.4. The van der Waals surface area contributed by atoms with Crippen LogP contribution in [0.25, 0.3) is 0 Å². The zero-order chi connectivity index (χ0) is 13.1. The van der Waals surface area contributed by atoms with Crippen molar-refractivity contribution in [3.63, 3.8) is 0 Å². The molecule has 0 radical (unpaired) electrons. The van der Waals surface area contributed by atoms with E-state index in [-0.39, 0.29) is 6.04 Å². The van der Waals surface area contributed by atoms with E-state index in [1.807, 2.05) is 7.05 Å². The van der Waals surface area contributed by atoms with Crippen LogP contribution in [0.1, 0.15) is 42.5 Å². The van der Waals surface area contributed by atoms with Crippen molar-refractivity contribution in [2.45, 2.75) is 38.9 Å². The number of alkyl halides is 3. The van der Waals surface area contributed by atoms with Gasteiger partial charge in [-0.1, -0.05) is 19.4 Å². The molecule has 17 heavy (non-hydrogen) atoms. The molecular weight excluding hydrogens is 227 g/mol. The minimum atomic E-state index is -4.26. The molecule has 0 bridgehead atoms. The fourth-order valence-corrected chi connectivity index (χ4v) is 1.99. The van der Waals surface area contributed by atoms with Gasteiger partial charge < -0.3 is 5.32 Å². The summed E-state index contributed by atoms with van der Waals surface area (Å²) in [6.07, 6.45) is -2.35. The third-order valence-corrected chi connectivity index (χ3v) is 2.90. The summed E-state index contributed by atoms with van der Waals surface area (Å²) in [5, 5.41) is 3.14. The third-order valence-electron chi connectivity index (χ3n) is 2.90. The number of rotatable bonds is 4. The van der Waals surface area contributed by atoms with Crippen molar-refractivity contribution in [3.8, 4) is 0 Å². The first kappa shape index (κ1) is 14.0. The van der Waals surface area contributed by atoms with Crippen molar-refractivity contribution in [1.29, 1.82) is 0 Å². The van der Waals surface area contributed by atoms with Crippen LogP contribution in [0.4, 0.5) is 13.2 Å². The lowest BCUT2D eigenvalue weighted by molar-refractivity contribution is -0.137. The van der Waals surface area contributed by atoms with Gasteiger partial charge in [0, 0.05) is 6.04 Å². The highest BCUT2D eigenvalue weighted by atomic mass is 19.4. The highest BCUT2D eigenvalue weighted by Gasteiger charge is 2.30. The predicted octanol–water partition coefficient (Wildman–Crippen LogP) is 4.07. The van der Waals surface area contributed by atoms with Crippen molar-refractivity contribution in [3.05, 3.63) is 34.9 Å². The average molecular weight is 245 g/mol. The Morgan fingerprint density at radius 2 is 1.94 bits per heavy atom. The summed E-state index contributed by atoms with van der Waals surface area (Å²) in [6, 6.07) is 4.08. The van der Waals surface area contributed by atoms with Gasteiger partial charge in [0.25, 0.3) is 0 Å². The minimum absolute atomic E-state index is 0.127. The summed E-state index contributed by atoms with van der Waals surface area (Å²) >= 11 is 0. The molecule has 0 saturated heterocycles. The Morgan fingerprint density at radius 1 is 1.29 bits per heavy atom. The lowest BCUT2D eigenvalue weighted by Crippen LogP contribution is -2.17. The quantitative estimate of drug-likeness (QED) is 0.843. The molecular formula is C13H18F3N. The molecule has 1 N–H and O–H groups in total. The number of hydrogen-bond donors (Lipinski definition) is 1. The molecule has 0 fully saturated rings. The van der Waals surface area contributed by atoms with Crippen LogP contribution in [0.5, 0.6) is 0 Å². The van der Waals surface area contributed by atoms with E-state index in [9.17, 15) is 13.2 Å². The van der Waals surface area contributed by atoms with Crippen molar-refractivity contribution >= 4 is 0 Å². The molecule has 0 aliphatic carbocycles. The van der Waals surface area contributed by atoms with E-state index in [1.54, 1.807) is 13.0 Å². The Labute approximate surface area is 100 Å². The van der Waals surface area contributed by atoms with Crippen LogP contribution in [0.2, 0.25) is 0 Å². The second kappa shape index (κ2) is 5.54. The summed E-state index contributed by atoms with van der Waals surface area (Å²) < 4.78 is 37.5. The topological polar surface area (TPSA) is 12.0 Å². The molecule has 0 saturated carbocycles. The van der Waals surface area contributed by atoms with Crippen LogP contribution in [0, 0.1) is 6.92 Å². The summed E-state index contributed by atoms with van der Waals surface area (Å²) in [5.41, 5.74) is 1.06. The second-order valence-electron chi connectivity index (χ2n) is 4.20. The van der Waals surface area contributed by atoms with Gasteiger partial charge in [-0.3, -0.25) is 0 Å². The van der Waals surface area contributed by atoms with E-state index in [2.05, 4.69) is 12.2 Å². The fourth-order valence-electron chi connectivity index (χ4n) is 1.99. The first-order valence-corrected chi connectivity index (χ1v) is 5.75. The SMILES string of the molecule is CCCC(NC)c1ccc(C(F)(F)F)cc1C. The van der Waals surface area contributed by atoms with Gasteiger partial charge in [-0.05, 0) is 43.7 Å². The van der Waals surface area contributed by atoms with Crippen LogP contribution < -0.4 is 5.32 Å². The summed E-state index contributed by atoms with van der Waals surface area (Å²) in [5.74, 6) is 0. The molecule has 96 valence electrons. The highest BCUT2D eigenvalue weighted by Crippen LogP contribution is 2.32. The molecule has 4 heteroatoms. The van der Waals surface area contributed by atoms with Crippen LogP contribution >= 0.6 is 0 Å². The molecule has 1 atom stereocenters. The second-order valence-corrected chi connectivity index (χ2v) is 4.20. The Bertz CT molecular complexity index is 371. The maximum atomic E-state index is 12.5. The van der Waals surface area contributed by atoms with Crippen LogP contribution in [0.3, 0.4) is 0 Å². The largest absolute Gasteiger partial charge is 0.416 e. The lowest BCUT2D eigenvalue weighted by Gasteiger charge is -2.19. The van der Waals surface area contributed by atoms with Gasteiger partial charge in [0.2, 0.25) is 0 Å². The molecule has 1 aromatic rings. The Kier molecular flexibility index (Phi) is 4.57. The minimum Gasteiger partial charge on any atom is -0.313 e. The number of benzene rings is 1. The molecule has 0 amide bonds. The van der Waals surface area contributed by atoms with Gasteiger partial charge in [0.05, 0.1) is 5.56 Å². The van der Waals surface area contributed by atoms with Crippen LogP contribution in [-0.4, -0.2) is 7.05 Å². The van der Waals surface area contributed by atoms with E-state index in [0.717, 1.165) is 24.5 Å². The van der Waals surface area contributed by atoms with Crippen LogP contribution in [0.15, 0.2) is 18.2 Å². The summed E-state index contributed by atoms with van der Waals surface area (Å²) in [7, 11) is 1.83. The summed E-state index contributed by atoms with van der Waals surface area (Å²) in [6.45, 7) is 3.79. The van der Waals surface area contributed by atoms with Crippen LogP contribution in [-0.2, 0) is 6.18 Å². The van der Waals surface area contributed by atoms with E-state index in [4.69, 9.17) is 0 Å². The monoisotopic (exact) mass is 245 g/mol. The number of halogens is 3. The van der Waals surface area contributed by atoms with Gasteiger partial charge in [0.15, 0.2) is 0 Å². The summed E-state index contributed by atoms with van der Waals surface area (Å²) in [4.78, 5) is 0. The maximum Gasteiger partial charge on any atom is 0.416 e. The van der Waals surface area contributed by atoms with Crippen molar-refractivity contribution in [2.24, 2.45) is 0 Å². The van der Waals surface area contributed by atoms with Crippen molar-refractivity contribution < 1.29 is 13.2 Å². The molecule has 0 heterocycles. The van der Waals surface area contributed by atoms with E-state index in [0.29, 0.717) is 5.56 Å². The Morgan fingerprint density at radius 3 is 2.35 bits per heavy atom. The van der Waals surface area contributed by atoms with Gasteiger partial charge in [0.1, 0.15) is 0 Å². The first-order chi connectivity index (χ1) is 7.90. The molecule has 0 aromatic heterocycles. The standard InChI is InChI=1S/C13H18F3N/c1-4-5-12(17-3)11-7-6-10(8-9(11)2)13(14,15)16/h6-8,12,17H,4-5H2,1-3H3. The van der Waals surface area contributed by atoms with E-state index < -0.39 is 11.7 Å². The Balaban J connectivity index is 3.04. The Hall–Kier alpha value is -1.03. The predicted molar refractivity (Wildman–Crippen MR) is 62.9 cm³/mol. The lowest BCUT2D eigenvalue weighted by atomic mass is 9.96. The van der Waals surface area contributed by atoms with Gasteiger partial charge in [-0.2, -0.15) is 13.2 Å². The van der Waals surface area contributed by atoms with Crippen molar-refractivity contribution in [2.75, 3.05) is 7.05 Å². The normalized spacial score (nSPS) is 13.8. The molecule has 0 aliphatic heterocycles. The number of nitrogens with one attached hydrogen (secondary N) is 1.